The van der Waals surface area contributed by atoms with Crippen molar-refractivity contribution in [3.8, 4) is 0 Å². The van der Waals surface area contributed by atoms with E-state index in [0.29, 0.717) is 0 Å². The Labute approximate surface area is 231 Å². The van der Waals surface area contributed by atoms with Gasteiger partial charge >= 0.3 is 0 Å². The SMILES string of the molecule is Cc1ccccc1C1NC(c2ccccc2C)C2C(=NO)C1C(c1ccccc1C)NC2c1ccccc1C. The van der Waals surface area contributed by atoms with Crippen molar-refractivity contribution < 1.29 is 5.21 Å². The molecule has 0 radical (unpaired) electrons. The molecular weight excluding hydrogens is 478 g/mol. The molecule has 39 heavy (non-hydrogen) atoms. The first-order valence-electron chi connectivity index (χ1n) is 14.0. The number of oxime groups is 1. The molecule has 0 amide bonds. The highest BCUT2D eigenvalue weighted by molar-refractivity contribution is 5.93. The van der Waals surface area contributed by atoms with Gasteiger partial charge in [0.25, 0.3) is 0 Å². The number of piperidine rings is 2. The Morgan fingerprint density at radius 1 is 0.462 bits per heavy atom. The second kappa shape index (κ2) is 10.4. The standard InChI is InChI=1S/C35H37N3O/c1-21-13-5-9-17-25(21)31-29-32(26-18-10-6-14-22(26)2)37-34(28-20-12-8-16-24(28)4)30(35(29)38-39)33(36-31)27-19-11-7-15-23(27)3/h5-20,29-34,36-37,39H,1-4H3. The number of rotatable bonds is 4. The van der Waals surface area contributed by atoms with E-state index >= 15 is 0 Å². The largest absolute Gasteiger partial charge is 0.411 e. The highest BCUT2D eigenvalue weighted by Gasteiger charge is 2.54. The summed E-state index contributed by atoms with van der Waals surface area (Å²) in [5.41, 5.74) is 10.8. The summed E-state index contributed by atoms with van der Waals surface area (Å²) < 4.78 is 0. The van der Waals surface area contributed by atoms with Crippen molar-refractivity contribution in [2.24, 2.45) is 17.0 Å². The van der Waals surface area contributed by atoms with Gasteiger partial charge in [-0.25, -0.2) is 0 Å². The zero-order chi connectivity index (χ0) is 27.1. The molecule has 4 unspecified atom stereocenters. The van der Waals surface area contributed by atoms with Crippen molar-refractivity contribution >= 4 is 5.71 Å². The van der Waals surface area contributed by atoms with Gasteiger partial charge in [0, 0.05) is 36.0 Å². The minimum absolute atomic E-state index is 0.0344. The van der Waals surface area contributed by atoms with E-state index < -0.39 is 0 Å². The molecule has 0 spiro atoms. The van der Waals surface area contributed by atoms with Crippen LogP contribution in [0.4, 0.5) is 0 Å². The van der Waals surface area contributed by atoms with Crippen molar-refractivity contribution in [2.45, 2.75) is 51.9 Å². The first-order chi connectivity index (χ1) is 19.0. The summed E-state index contributed by atoms with van der Waals surface area (Å²) in [4.78, 5) is 0. The first-order valence-corrected chi connectivity index (χ1v) is 14.0. The summed E-state index contributed by atoms with van der Waals surface area (Å²) in [5, 5.41) is 23.3. The van der Waals surface area contributed by atoms with Gasteiger partial charge in [-0.05, 0) is 72.2 Å². The number of hydrogen-bond donors (Lipinski definition) is 3. The van der Waals surface area contributed by atoms with Gasteiger partial charge in [-0.3, -0.25) is 0 Å². The van der Waals surface area contributed by atoms with Crippen LogP contribution in [0.3, 0.4) is 0 Å². The third-order valence-corrected chi connectivity index (χ3v) is 9.05. The average Bonchev–Trinajstić information content (AvgIpc) is 2.95. The van der Waals surface area contributed by atoms with Crippen LogP contribution in [0.5, 0.6) is 0 Å². The lowest BCUT2D eigenvalue weighted by Gasteiger charge is -2.54. The second-order valence-corrected chi connectivity index (χ2v) is 11.2. The lowest BCUT2D eigenvalue weighted by molar-refractivity contribution is 0.148. The fourth-order valence-electron chi connectivity index (χ4n) is 7.10. The first kappa shape index (κ1) is 25.5. The number of nitrogens with zero attached hydrogens (tertiary/aromatic N) is 1. The van der Waals surface area contributed by atoms with E-state index in [0.717, 1.165) is 5.71 Å². The molecule has 2 bridgehead atoms. The highest BCUT2D eigenvalue weighted by Crippen LogP contribution is 2.53. The van der Waals surface area contributed by atoms with Crippen LogP contribution < -0.4 is 10.6 Å². The van der Waals surface area contributed by atoms with Crippen molar-refractivity contribution in [1.29, 1.82) is 0 Å². The molecule has 6 rings (SSSR count). The predicted molar refractivity (Wildman–Crippen MR) is 158 cm³/mol. The van der Waals surface area contributed by atoms with E-state index in [1.54, 1.807) is 0 Å². The number of nitrogens with one attached hydrogen (secondary N) is 2. The maximum atomic E-state index is 10.9. The molecule has 3 N–H and O–H groups in total. The smallest absolute Gasteiger partial charge is 0.0708 e. The molecule has 0 aliphatic carbocycles. The van der Waals surface area contributed by atoms with Gasteiger partial charge in [-0.1, -0.05) is 102 Å². The van der Waals surface area contributed by atoms with Gasteiger partial charge in [0.05, 0.1) is 5.71 Å². The zero-order valence-electron chi connectivity index (χ0n) is 23.1. The fraction of sp³-hybridized carbons (Fsp3) is 0.286. The fourth-order valence-corrected chi connectivity index (χ4v) is 7.10. The number of benzene rings is 4. The summed E-state index contributed by atoms with van der Waals surface area (Å²) >= 11 is 0. The number of fused-ring (bicyclic) bond motifs is 2. The molecule has 4 atom stereocenters. The van der Waals surface area contributed by atoms with Gasteiger partial charge in [0.2, 0.25) is 0 Å². The third-order valence-electron chi connectivity index (χ3n) is 9.05. The van der Waals surface area contributed by atoms with Crippen LogP contribution in [0, 0.1) is 39.5 Å². The van der Waals surface area contributed by atoms with Gasteiger partial charge < -0.3 is 15.8 Å². The Balaban J connectivity index is 1.61. The van der Waals surface area contributed by atoms with E-state index in [1.165, 1.54) is 44.5 Å². The van der Waals surface area contributed by atoms with E-state index in [1.807, 2.05) is 0 Å². The molecule has 198 valence electrons. The van der Waals surface area contributed by atoms with Gasteiger partial charge in [0.1, 0.15) is 0 Å². The zero-order valence-corrected chi connectivity index (χ0v) is 23.1. The Morgan fingerprint density at radius 3 is 0.949 bits per heavy atom. The monoisotopic (exact) mass is 515 g/mol. The van der Waals surface area contributed by atoms with E-state index in [4.69, 9.17) is 0 Å². The molecule has 2 fully saturated rings. The number of hydrogen-bond acceptors (Lipinski definition) is 4. The van der Waals surface area contributed by atoms with Crippen molar-refractivity contribution in [3.05, 3.63) is 142 Å². The van der Waals surface area contributed by atoms with Crippen LogP contribution in [0.15, 0.2) is 102 Å². The summed E-state index contributed by atoms with van der Waals surface area (Å²) in [5.74, 6) is -0.134. The Hall–Kier alpha value is -3.73. The topological polar surface area (TPSA) is 56.7 Å². The maximum Gasteiger partial charge on any atom is 0.0708 e. The molecular formula is C35H37N3O. The van der Waals surface area contributed by atoms with E-state index in [-0.39, 0.29) is 36.0 Å². The average molecular weight is 516 g/mol. The normalized spacial score (nSPS) is 26.3. The highest BCUT2D eigenvalue weighted by atomic mass is 16.4. The summed E-state index contributed by atoms with van der Waals surface area (Å²) in [7, 11) is 0. The molecule has 2 saturated heterocycles. The Bertz CT molecular complexity index is 1310. The van der Waals surface area contributed by atoms with Crippen LogP contribution in [0.2, 0.25) is 0 Å². The minimum atomic E-state index is -0.0669. The molecule has 2 heterocycles. The van der Waals surface area contributed by atoms with E-state index in [9.17, 15) is 5.21 Å². The van der Waals surface area contributed by atoms with Crippen LogP contribution >= 0.6 is 0 Å². The van der Waals surface area contributed by atoms with Gasteiger partial charge in [0.15, 0.2) is 0 Å². The maximum absolute atomic E-state index is 10.9. The lowest BCUT2D eigenvalue weighted by Crippen LogP contribution is -2.60. The summed E-state index contributed by atoms with van der Waals surface area (Å²) in [6.45, 7) is 8.71. The summed E-state index contributed by atoms with van der Waals surface area (Å²) in [6, 6.07) is 34.3. The summed E-state index contributed by atoms with van der Waals surface area (Å²) in [6.07, 6.45) is 0. The number of aryl methyl sites for hydroxylation is 4. The Kier molecular flexibility index (Phi) is 6.84. The van der Waals surface area contributed by atoms with Crippen molar-refractivity contribution in [1.82, 2.24) is 10.6 Å². The molecule has 4 aromatic rings. The molecule has 4 nitrogen and oxygen atoms in total. The third kappa shape index (κ3) is 4.38. The van der Waals surface area contributed by atoms with Crippen LogP contribution in [0.25, 0.3) is 0 Å². The molecule has 2 aliphatic heterocycles. The Morgan fingerprint density at radius 2 is 0.718 bits per heavy atom. The van der Waals surface area contributed by atoms with Gasteiger partial charge in [-0.2, -0.15) is 0 Å². The molecule has 0 saturated carbocycles. The quantitative estimate of drug-likeness (QED) is 0.195. The van der Waals surface area contributed by atoms with Crippen LogP contribution in [-0.2, 0) is 0 Å². The van der Waals surface area contributed by atoms with Crippen LogP contribution in [0.1, 0.15) is 68.7 Å². The second-order valence-electron chi connectivity index (χ2n) is 11.2. The predicted octanol–water partition coefficient (Wildman–Crippen LogP) is 7.45. The van der Waals surface area contributed by atoms with Gasteiger partial charge in [-0.15, -0.1) is 0 Å². The van der Waals surface area contributed by atoms with Crippen LogP contribution in [-0.4, -0.2) is 10.9 Å². The van der Waals surface area contributed by atoms with Crippen molar-refractivity contribution in [2.75, 3.05) is 0 Å². The molecule has 4 heteroatoms. The molecule has 0 aromatic heterocycles. The molecule has 4 aromatic carbocycles. The lowest BCUT2D eigenvalue weighted by atomic mass is 9.62. The van der Waals surface area contributed by atoms with E-state index in [2.05, 4.69) is 141 Å². The molecule has 2 aliphatic rings. The van der Waals surface area contributed by atoms with Crippen molar-refractivity contribution in [3.63, 3.8) is 0 Å². The minimum Gasteiger partial charge on any atom is -0.411 e.